The lowest BCUT2D eigenvalue weighted by molar-refractivity contribution is -0.123. The molecule has 2 atom stereocenters. The number of hydrogen-bond donors (Lipinski definition) is 0. The van der Waals surface area contributed by atoms with Crippen molar-refractivity contribution in [3.8, 4) is 0 Å². The van der Waals surface area contributed by atoms with Gasteiger partial charge in [0, 0.05) is 23.0 Å². The Kier molecular flexibility index (Phi) is 2.95. The average Bonchev–Trinajstić information content (AvgIpc) is 2.96. The van der Waals surface area contributed by atoms with E-state index in [1.165, 1.54) is 29.6 Å². The molecular weight excluding hydrogens is 300 g/mol. The van der Waals surface area contributed by atoms with E-state index in [-0.39, 0.29) is 5.41 Å². The van der Waals surface area contributed by atoms with Crippen LogP contribution in [0.5, 0.6) is 0 Å². The molecule has 0 radical (unpaired) electrons. The van der Waals surface area contributed by atoms with Gasteiger partial charge in [0.1, 0.15) is 0 Å². The average molecular weight is 322 g/mol. The van der Waals surface area contributed by atoms with E-state index in [1.54, 1.807) is 0 Å². The summed E-state index contributed by atoms with van der Waals surface area (Å²) in [7, 11) is 0. The Balaban J connectivity index is 1.88. The summed E-state index contributed by atoms with van der Waals surface area (Å²) in [5, 5.41) is 1.31. The molecule has 1 fully saturated rings. The molecule has 0 amide bonds. The molecular formula is C20H22N2O2. The Morgan fingerprint density at radius 2 is 2.21 bits per heavy atom. The van der Waals surface area contributed by atoms with Gasteiger partial charge < -0.3 is 4.74 Å². The smallest absolute Gasteiger partial charge is 0.299 e. The van der Waals surface area contributed by atoms with E-state index < -0.39 is 0 Å². The van der Waals surface area contributed by atoms with Gasteiger partial charge in [0.2, 0.25) is 5.88 Å². The Hall–Kier alpha value is -2.07. The molecule has 1 aromatic heterocycles. The predicted molar refractivity (Wildman–Crippen MR) is 93.3 cm³/mol. The van der Waals surface area contributed by atoms with Crippen LogP contribution in [0, 0.1) is 5.41 Å². The first kappa shape index (κ1) is 14.3. The molecule has 2 aromatic rings. The van der Waals surface area contributed by atoms with E-state index in [1.807, 2.05) is 0 Å². The minimum atomic E-state index is 0.0795. The van der Waals surface area contributed by atoms with Gasteiger partial charge in [-0.25, -0.2) is 0 Å². The standard InChI is InChI=1S/C20H22N2O2/c1-2-20-9-5-10-21-11-8-15-14-6-3-4-7-16(14)22(18(15)19(20)21)17(12-20)24-13-23/h3-4,6-7,12-13,19H,2,5,8-11H2,1H3/t19-,20+/m1/s1. The van der Waals surface area contributed by atoms with Crippen LogP contribution in [-0.2, 0) is 16.0 Å². The molecule has 1 aromatic carbocycles. The van der Waals surface area contributed by atoms with Gasteiger partial charge in [0.05, 0.1) is 11.6 Å². The Labute approximate surface area is 141 Å². The van der Waals surface area contributed by atoms with Crippen molar-refractivity contribution in [1.82, 2.24) is 9.47 Å². The molecule has 0 bridgehead atoms. The van der Waals surface area contributed by atoms with Gasteiger partial charge in [-0.2, -0.15) is 0 Å². The SMILES string of the molecule is CC[C@@]12C=C(OC=O)n3c4c(c5ccccc53)CCN(CCC1)[C@H]42. The zero-order valence-corrected chi connectivity index (χ0v) is 14.0. The lowest BCUT2D eigenvalue weighted by atomic mass is 9.67. The fourth-order valence-corrected chi connectivity index (χ4v) is 5.37. The number of rotatable bonds is 3. The van der Waals surface area contributed by atoms with Gasteiger partial charge in [-0.05, 0) is 49.9 Å². The Morgan fingerprint density at radius 3 is 3.04 bits per heavy atom. The van der Waals surface area contributed by atoms with Crippen molar-refractivity contribution in [2.75, 3.05) is 13.1 Å². The molecule has 0 aliphatic carbocycles. The van der Waals surface area contributed by atoms with Crippen LogP contribution in [0.1, 0.15) is 43.5 Å². The number of nitrogens with zero attached hydrogens (tertiary/aromatic N) is 2. The van der Waals surface area contributed by atoms with Crippen molar-refractivity contribution in [2.24, 2.45) is 5.41 Å². The highest BCUT2D eigenvalue weighted by atomic mass is 16.5. The highest BCUT2D eigenvalue weighted by Crippen LogP contribution is 2.56. The summed E-state index contributed by atoms with van der Waals surface area (Å²) in [6, 6.07) is 8.93. The first-order valence-electron chi connectivity index (χ1n) is 8.99. The third-order valence-electron chi connectivity index (χ3n) is 6.38. The maximum atomic E-state index is 11.2. The van der Waals surface area contributed by atoms with E-state index in [9.17, 15) is 4.79 Å². The molecule has 0 unspecified atom stereocenters. The molecule has 24 heavy (non-hydrogen) atoms. The second-order valence-corrected chi connectivity index (χ2v) is 7.29. The maximum Gasteiger partial charge on any atom is 0.299 e. The van der Waals surface area contributed by atoms with Gasteiger partial charge in [-0.15, -0.1) is 0 Å². The maximum absolute atomic E-state index is 11.2. The predicted octanol–water partition coefficient (Wildman–Crippen LogP) is 3.72. The molecule has 5 rings (SSSR count). The third-order valence-corrected chi connectivity index (χ3v) is 6.38. The molecule has 3 aliphatic rings. The van der Waals surface area contributed by atoms with Crippen LogP contribution in [0.4, 0.5) is 0 Å². The number of aromatic nitrogens is 1. The zero-order chi connectivity index (χ0) is 16.3. The lowest BCUT2D eigenvalue weighted by Gasteiger charge is -2.53. The minimum absolute atomic E-state index is 0.0795. The summed E-state index contributed by atoms with van der Waals surface area (Å²) in [4.78, 5) is 13.8. The molecule has 124 valence electrons. The first-order chi connectivity index (χ1) is 11.8. The molecule has 4 nitrogen and oxygen atoms in total. The topological polar surface area (TPSA) is 34.5 Å². The van der Waals surface area contributed by atoms with Crippen molar-refractivity contribution in [3.05, 3.63) is 41.6 Å². The van der Waals surface area contributed by atoms with Crippen molar-refractivity contribution in [2.45, 2.75) is 38.6 Å². The van der Waals surface area contributed by atoms with Crippen LogP contribution in [0.25, 0.3) is 16.8 Å². The molecule has 1 saturated heterocycles. The highest BCUT2D eigenvalue weighted by molar-refractivity contribution is 5.89. The molecule has 0 spiro atoms. The summed E-state index contributed by atoms with van der Waals surface area (Å²) in [5.41, 5.74) is 4.05. The van der Waals surface area contributed by atoms with Crippen molar-refractivity contribution in [3.63, 3.8) is 0 Å². The van der Waals surface area contributed by atoms with Gasteiger partial charge in [-0.3, -0.25) is 14.3 Å². The van der Waals surface area contributed by atoms with E-state index >= 15 is 0 Å². The summed E-state index contributed by atoms with van der Waals surface area (Å²) < 4.78 is 7.69. The second kappa shape index (κ2) is 4.96. The first-order valence-corrected chi connectivity index (χ1v) is 8.99. The van der Waals surface area contributed by atoms with Crippen LogP contribution < -0.4 is 0 Å². The van der Waals surface area contributed by atoms with Crippen LogP contribution in [0.15, 0.2) is 30.3 Å². The minimum Gasteiger partial charge on any atom is -0.411 e. The molecule has 4 heteroatoms. The van der Waals surface area contributed by atoms with Gasteiger partial charge >= 0.3 is 0 Å². The monoisotopic (exact) mass is 322 g/mol. The number of piperidine rings is 1. The second-order valence-electron chi connectivity index (χ2n) is 7.29. The van der Waals surface area contributed by atoms with E-state index in [4.69, 9.17) is 4.74 Å². The summed E-state index contributed by atoms with van der Waals surface area (Å²) in [5.74, 6) is 0.698. The van der Waals surface area contributed by atoms with E-state index in [2.05, 4.69) is 46.7 Å². The van der Waals surface area contributed by atoms with Crippen molar-refractivity contribution >= 4 is 23.3 Å². The molecule has 0 saturated carbocycles. The number of carbonyl (C=O) groups excluding carboxylic acids is 1. The number of para-hydroxylation sites is 1. The third kappa shape index (κ3) is 1.64. The van der Waals surface area contributed by atoms with Gasteiger partial charge in [0.15, 0.2) is 0 Å². The van der Waals surface area contributed by atoms with E-state index in [0.717, 1.165) is 31.3 Å². The van der Waals surface area contributed by atoms with Crippen molar-refractivity contribution < 1.29 is 9.53 Å². The fourth-order valence-electron chi connectivity index (χ4n) is 5.37. The lowest BCUT2D eigenvalue weighted by Crippen LogP contribution is -2.50. The number of benzene rings is 1. The summed E-state index contributed by atoms with van der Waals surface area (Å²) >= 11 is 0. The summed E-state index contributed by atoms with van der Waals surface area (Å²) in [6.07, 6.45) is 6.77. The quantitative estimate of drug-likeness (QED) is 0.808. The van der Waals surface area contributed by atoms with Crippen molar-refractivity contribution in [1.29, 1.82) is 0 Å². The highest BCUT2D eigenvalue weighted by Gasteiger charge is 2.50. The largest absolute Gasteiger partial charge is 0.411 e. The Morgan fingerprint density at radius 1 is 1.33 bits per heavy atom. The van der Waals surface area contributed by atoms with Crippen LogP contribution >= 0.6 is 0 Å². The van der Waals surface area contributed by atoms with Crippen LogP contribution in [0.3, 0.4) is 0 Å². The van der Waals surface area contributed by atoms with Gasteiger partial charge in [0.25, 0.3) is 6.47 Å². The molecule has 0 N–H and O–H groups in total. The fraction of sp³-hybridized carbons (Fsp3) is 0.450. The van der Waals surface area contributed by atoms with Crippen LogP contribution in [-0.4, -0.2) is 29.0 Å². The van der Waals surface area contributed by atoms with E-state index in [0.29, 0.717) is 18.4 Å². The molecule has 4 heterocycles. The zero-order valence-electron chi connectivity index (χ0n) is 14.0. The van der Waals surface area contributed by atoms with Gasteiger partial charge in [-0.1, -0.05) is 25.1 Å². The number of hydrogen-bond acceptors (Lipinski definition) is 3. The summed E-state index contributed by atoms with van der Waals surface area (Å²) in [6.45, 7) is 5.14. The van der Waals surface area contributed by atoms with Crippen LogP contribution in [0.2, 0.25) is 0 Å². The Bertz CT molecular complexity index is 866. The normalized spacial score (nSPS) is 28.4. The number of fused-ring (bicyclic) bond motifs is 3. The molecule has 3 aliphatic heterocycles. The number of ether oxygens (including phenoxy) is 1. The number of carbonyl (C=O) groups is 1.